The maximum atomic E-state index is 10.4. The highest BCUT2D eigenvalue weighted by molar-refractivity contribution is 9.11. The van der Waals surface area contributed by atoms with E-state index in [1.807, 2.05) is 43.3 Å². The molecule has 4 heteroatoms. The minimum absolute atomic E-state index is 0.0522. The summed E-state index contributed by atoms with van der Waals surface area (Å²) in [6.07, 6.45) is 1.16. The lowest BCUT2D eigenvalue weighted by atomic mass is 9.94. The Labute approximate surface area is 123 Å². The van der Waals surface area contributed by atoms with Crippen molar-refractivity contribution in [1.29, 1.82) is 0 Å². The number of nitrogens with zero attached hydrogens (tertiary/aromatic N) is 1. The fourth-order valence-electron chi connectivity index (χ4n) is 1.82. The zero-order valence-corrected chi connectivity index (χ0v) is 13.0. The molecule has 0 aliphatic heterocycles. The maximum absolute atomic E-state index is 10.4. The second-order valence-electron chi connectivity index (χ2n) is 4.15. The van der Waals surface area contributed by atoms with Gasteiger partial charge in [-0.2, -0.15) is 0 Å². The molecule has 2 aromatic rings. The maximum Gasteiger partial charge on any atom is 0.0881 e. The Hall–Kier alpha value is -0.710. The molecule has 2 nitrogen and oxygen atoms in total. The third-order valence-electron chi connectivity index (χ3n) is 2.91. The third-order valence-corrected chi connectivity index (χ3v) is 4.09. The SMILES string of the molecule is CC(c1ccccn1)C(O)c1ccc(Br)cc1Br. The number of hydrogen-bond donors (Lipinski definition) is 1. The molecular weight excluding hydrogens is 358 g/mol. The minimum atomic E-state index is -0.581. The smallest absolute Gasteiger partial charge is 0.0881 e. The van der Waals surface area contributed by atoms with Crippen molar-refractivity contribution in [3.63, 3.8) is 0 Å². The first-order valence-electron chi connectivity index (χ1n) is 5.63. The van der Waals surface area contributed by atoms with Gasteiger partial charge in [-0.05, 0) is 29.8 Å². The summed E-state index contributed by atoms with van der Waals surface area (Å²) >= 11 is 6.88. The first-order chi connectivity index (χ1) is 8.59. The van der Waals surface area contributed by atoms with Crippen molar-refractivity contribution >= 4 is 31.9 Å². The minimum Gasteiger partial charge on any atom is -0.388 e. The molecule has 1 aromatic carbocycles. The van der Waals surface area contributed by atoms with Crippen LogP contribution >= 0.6 is 31.9 Å². The molecule has 0 radical (unpaired) electrons. The Morgan fingerprint density at radius 2 is 1.94 bits per heavy atom. The molecule has 0 saturated heterocycles. The second kappa shape index (κ2) is 5.95. The fraction of sp³-hybridized carbons (Fsp3) is 0.214. The van der Waals surface area contributed by atoms with E-state index in [0.717, 1.165) is 20.2 Å². The van der Waals surface area contributed by atoms with E-state index < -0.39 is 6.10 Å². The van der Waals surface area contributed by atoms with Crippen LogP contribution in [-0.2, 0) is 0 Å². The number of benzene rings is 1. The van der Waals surface area contributed by atoms with E-state index in [1.165, 1.54) is 0 Å². The Morgan fingerprint density at radius 1 is 1.17 bits per heavy atom. The Bertz CT molecular complexity index is 531. The predicted molar refractivity (Wildman–Crippen MR) is 79.5 cm³/mol. The molecule has 0 fully saturated rings. The topological polar surface area (TPSA) is 33.1 Å². The summed E-state index contributed by atoms with van der Waals surface area (Å²) in [7, 11) is 0. The third kappa shape index (κ3) is 2.99. The molecule has 0 spiro atoms. The van der Waals surface area contributed by atoms with Crippen molar-refractivity contribution in [2.75, 3.05) is 0 Å². The van der Waals surface area contributed by atoms with E-state index in [9.17, 15) is 5.11 Å². The van der Waals surface area contributed by atoms with Gasteiger partial charge in [-0.25, -0.2) is 0 Å². The van der Waals surface area contributed by atoms with Crippen LogP contribution in [0.1, 0.15) is 30.2 Å². The van der Waals surface area contributed by atoms with Crippen LogP contribution in [0.3, 0.4) is 0 Å². The number of halogens is 2. The van der Waals surface area contributed by atoms with Crippen LogP contribution in [0.5, 0.6) is 0 Å². The normalized spacial score (nSPS) is 14.2. The molecule has 0 bridgehead atoms. The molecule has 0 saturated carbocycles. The lowest BCUT2D eigenvalue weighted by molar-refractivity contribution is 0.149. The van der Waals surface area contributed by atoms with Crippen LogP contribution in [0.4, 0.5) is 0 Å². The Kier molecular flexibility index (Phi) is 4.54. The van der Waals surface area contributed by atoms with Crippen LogP contribution in [-0.4, -0.2) is 10.1 Å². The van der Waals surface area contributed by atoms with Gasteiger partial charge < -0.3 is 5.11 Å². The molecule has 2 unspecified atom stereocenters. The standard InChI is InChI=1S/C14H13Br2NO/c1-9(13-4-2-3-7-17-13)14(18)11-6-5-10(15)8-12(11)16/h2-9,14,18H,1H3. The van der Waals surface area contributed by atoms with E-state index in [-0.39, 0.29) is 5.92 Å². The largest absolute Gasteiger partial charge is 0.388 e. The van der Waals surface area contributed by atoms with E-state index in [0.29, 0.717) is 0 Å². The number of pyridine rings is 1. The van der Waals surface area contributed by atoms with Gasteiger partial charge in [0.2, 0.25) is 0 Å². The van der Waals surface area contributed by atoms with E-state index in [4.69, 9.17) is 0 Å². The molecule has 1 aromatic heterocycles. The van der Waals surface area contributed by atoms with Crippen molar-refractivity contribution in [3.8, 4) is 0 Å². The molecule has 0 amide bonds. The van der Waals surface area contributed by atoms with Crippen LogP contribution in [0.15, 0.2) is 51.5 Å². The summed E-state index contributed by atoms with van der Waals surface area (Å²) in [6.45, 7) is 1.97. The molecule has 2 atom stereocenters. The van der Waals surface area contributed by atoms with Gasteiger partial charge in [0, 0.05) is 26.8 Å². The van der Waals surface area contributed by atoms with E-state index in [2.05, 4.69) is 36.8 Å². The van der Waals surface area contributed by atoms with Gasteiger partial charge in [0.1, 0.15) is 0 Å². The first-order valence-corrected chi connectivity index (χ1v) is 7.22. The predicted octanol–water partition coefficient (Wildman–Crippen LogP) is 4.44. The van der Waals surface area contributed by atoms with Gasteiger partial charge in [0.25, 0.3) is 0 Å². The summed E-state index contributed by atoms with van der Waals surface area (Å²) < 4.78 is 1.88. The zero-order valence-electron chi connectivity index (χ0n) is 9.85. The molecule has 18 heavy (non-hydrogen) atoms. The molecule has 1 N–H and O–H groups in total. The zero-order chi connectivity index (χ0) is 13.1. The molecule has 2 rings (SSSR count). The number of aromatic nitrogens is 1. The number of hydrogen-bond acceptors (Lipinski definition) is 2. The van der Waals surface area contributed by atoms with Crippen molar-refractivity contribution in [3.05, 3.63) is 62.8 Å². The average molecular weight is 371 g/mol. The van der Waals surface area contributed by atoms with Gasteiger partial charge in [-0.1, -0.05) is 50.9 Å². The van der Waals surface area contributed by atoms with Crippen LogP contribution in [0.25, 0.3) is 0 Å². The average Bonchev–Trinajstić information content (AvgIpc) is 2.38. The highest BCUT2D eigenvalue weighted by atomic mass is 79.9. The van der Waals surface area contributed by atoms with E-state index >= 15 is 0 Å². The van der Waals surface area contributed by atoms with Crippen molar-refractivity contribution in [2.24, 2.45) is 0 Å². The van der Waals surface area contributed by atoms with Crippen molar-refractivity contribution in [2.45, 2.75) is 18.9 Å². The van der Waals surface area contributed by atoms with Crippen LogP contribution in [0, 0.1) is 0 Å². The molecule has 0 aliphatic rings. The Morgan fingerprint density at radius 3 is 2.56 bits per heavy atom. The highest BCUT2D eigenvalue weighted by Gasteiger charge is 2.21. The van der Waals surface area contributed by atoms with Crippen molar-refractivity contribution < 1.29 is 5.11 Å². The number of aliphatic hydroxyl groups excluding tert-OH is 1. The van der Waals surface area contributed by atoms with Crippen LogP contribution < -0.4 is 0 Å². The first kappa shape index (κ1) is 13.7. The molecular formula is C14H13Br2NO. The lowest BCUT2D eigenvalue weighted by Gasteiger charge is -2.20. The van der Waals surface area contributed by atoms with E-state index in [1.54, 1.807) is 6.20 Å². The summed E-state index contributed by atoms with van der Waals surface area (Å²) in [5.74, 6) is -0.0522. The summed E-state index contributed by atoms with van der Waals surface area (Å²) in [6, 6.07) is 11.5. The van der Waals surface area contributed by atoms with Gasteiger partial charge >= 0.3 is 0 Å². The monoisotopic (exact) mass is 369 g/mol. The number of rotatable bonds is 3. The number of aliphatic hydroxyl groups is 1. The van der Waals surface area contributed by atoms with Gasteiger partial charge in [0.05, 0.1) is 6.10 Å². The van der Waals surface area contributed by atoms with Gasteiger partial charge in [0.15, 0.2) is 0 Å². The van der Waals surface area contributed by atoms with Gasteiger partial charge in [-0.3, -0.25) is 4.98 Å². The summed E-state index contributed by atoms with van der Waals surface area (Å²) in [5.41, 5.74) is 1.76. The fourth-order valence-corrected chi connectivity index (χ4v) is 3.10. The molecule has 1 heterocycles. The van der Waals surface area contributed by atoms with Crippen molar-refractivity contribution in [1.82, 2.24) is 4.98 Å². The quantitative estimate of drug-likeness (QED) is 0.866. The lowest BCUT2D eigenvalue weighted by Crippen LogP contribution is -2.09. The Balaban J connectivity index is 2.28. The second-order valence-corrected chi connectivity index (χ2v) is 5.92. The molecule has 94 valence electrons. The summed E-state index contributed by atoms with van der Waals surface area (Å²) in [5, 5.41) is 10.4. The highest BCUT2D eigenvalue weighted by Crippen LogP contribution is 2.34. The van der Waals surface area contributed by atoms with Crippen LogP contribution in [0.2, 0.25) is 0 Å². The molecule has 0 aliphatic carbocycles. The summed E-state index contributed by atoms with van der Waals surface area (Å²) in [4.78, 5) is 4.29. The van der Waals surface area contributed by atoms with Gasteiger partial charge in [-0.15, -0.1) is 0 Å².